The summed E-state index contributed by atoms with van der Waals surface area (Å²) in [5, 5.41) is 6.13. The van der Waals surface area contributed by atoms with Crippen LogP contribution in [0.1, 0.15) is 27.4 Å². The maximum atomic E-state index is 12.5. The van der Waals surface area contributed by atoms with Gasteiger partial charge in [0.1, 0.15) is 23.1 Å². The van der Waals surface area contributed by atoms with Gasteiger partial charge in [0.2, 0.25) is 0 Å². The molecule has 6 heteroatoms. The van der Waals surface area contributed by atoms with Crippen molar-refractivity contribution in [2.75, 3.05) is 24.3 Å². The second-order valence-electron chi connectivity index (χ2n) is 6.53. The van der Waals surface area contributed by atoms with Gasteiger partial charge in [0.25, 0.3) is 5.91 Å². The third-order valence-electron chi connectivity index (χ3n) is 4.26. The van der Waals surface area contributed by atoms with Crippen LogP contribution in [0.5, 0.6) is 5.75 Å². The van der Waals surface area contributed by atoms with Gasteiger partial charge in [-0.2, -0.15) is 0 Å². The van der Waals surface area contributed by atoms with Crippen LogP contribution in [-0.2, 0) is 6.42 Å². The predicted octanol–water partition coefficient (Wildman–Crippen LogP) is 4.01. The number of aromatic nitrogens is 2. The van der Waals surface area contributed by atoms with Gasteiger partial charge >= 0.3 is 0 Å². The number of amides is 1. The third-order valence-corrected chi connectivity index (χ3v) is 4.26. The number of nitrogens with zero attached hydrogens (tertiary/aromatic N) is 2. The van der Waals surface area contributed by atoms with Crippen molar-refractivity contribution in [3.05, 3.63) is 77.2 Å². The van der Waals surface area contributed by atoms with Crippen molar-refractivity contribution in [1.29, 1.82) is 0 Å². The maximum Gasteiger partial charge on any atom is 0.274 e. The Labute approximate surface area is 165 Å². The Bertz CT molecular complexity index is 938. The molecule has 0 fully saturated rings. The number of rotatable bonds is 7. The van der Waals surface area contributed by atoms with Gasteiger partial charge in [-0.1, -0.05) is 29.8 Å². The first kappa shape index (κ1) is 19.4. The van der Waals surface area contributed by atoms with Crippen LogP contribution in [0.2, 0.25) is 0 Å². The van der Waals surface area contributed by atoms with E-state index in [1.54, 1.807) is 20.1 Å². The molecule has 2 aromatic carbocycles. The van der Waals surface area contributed by atoms with Crippen molar-refractivity contribution in [1.82, 2.24) is 9.97 Å². The Hall–Kier alpha value is -3.41. The number of carbonyl (C=O) groups excluding carboxylic acids is 1. The first-order chi connectivity index (χ1) is 13.5. The molecule has 2 N–H and O–H groups in total. The summed E-state index contributed by atoms with van der Waals surface area (Å²) in [6.07, 6.45) is 0.831. The summed E-state index contributed by atoms with van der Waals surface area (Å²) in [4.78, 5) is 21.1. The van der Waals surface area contributed by atoms with Crippen LogP contribution in [0, 0.1) is 13.8 Å². The number of ether oxygens (including phenoxy) is 1. The molecule has 1 heterocycles. The number of hydrogen-bond donors (Lipinski definition) is 2. The van der Waals surface area contributed by atoms with Crippen molar-refractivity contribution in [3.8, 4) is 5.75 Å². The summed E-state index contributed by atoms with van der Waals surface area (Å²) in [6, 6.07) is 17.3. The normalized spacial score (nSPS) is 10.4. The second kappa shape index (κ2) is 8.99. The molecule has 0 aliphatic heterocycles. The van der Waals surface area contributed by atoms with Gasteiger partial charge in [-0.15, -0.1) is 0 Å². The molecular formula is C22H24N4O2. The lowest BCUT2D eigenvalue weighted by Crippen LogP contribution is -2.16. The maximum absolute atomic E-state index is 12.5. The van der Waals surface area contributed by atoms with Crippen LogP contribution in [0.3, 0.4) is 0 Å². The lowest BCUT2D eigenvalue weighted by atomic mass is 10.1. The number of carbonyl (C=O) groups is 1. The molecule has 0 radical (unpaired) electrons. The zero-order valence-corrected chi connectivity index (χ0v) is 16.3. The summed E-state index contributed by atoms with van der Waals surface area (Å²) < 4.78 is 5.17. The highest BCUT2D eigenvalue weighted by Gasteiger charge is 2.11. The molecule has 1 amide bonds. The summed E-state index contributed by atoms with van der Waals surface area (Å²) >= 11 is 0. The van der Waals surface area contributed by atoms with Crippen LogP contribution in [0.25, 0.3) is 0 Å². The minimum absolute atomic E-state index is 0.257. The van der Waals surface area contributed by atoms with E-state index in [0.717, 1.165) is 23.4 Å². The lowest BCUT2D eigenvalue weighted by Gasteiger charge is -2.10. The lowest BCUT2D eigenvalue weighted by molar-refractivity contribution is 0.102. The topological polar surface area (TPSA) is 76.1 Å². The smallest absolute Gasteiger partial charge is 0.274 e. The number of benzene rings is 2. The van der Waals surface area contributed by atoms with E-state index in [1.165, 1.54) is 5.56 Å². The van der Waals surface area contributed by atoms with Gasteiger partial charge in [-0.3, -0.25) is 4.79 Å². The summed E-state index contributed by atoms with van der Waals surface area (Å²) in [6.45, 7) is 4.47. The van der Waals surface area contributed by atoms with Crippen molar-refractivity contribution >= 4 is 17.4 Å². The fraction of sp³-hybridized carbons (Fsp3) is 0.227. The van der Waals surface area contributed by atoms with Gasteiger partial charge in [-0.25, -0.2) is 9.97 Å². The van der Waals surface area contributed by atoms with E-state index in [2.05, 4.69) is 20.6 Å². The van der Waals surface area contributed by atoms with Crippen LogP contribution < -0.4 is 15.4 Å². The summed E-state index contributed by atoms with van der Waals surface area (Å²) in [7, 11) is 1.65. The SMILES string of the molecule is COc1ccc(CCNc2cc(C(=O)Nc3ccc(C)cc3)nc(C)n2)cc1. The largest absolute Gasteiger partial charge is 0.497 e. The Morgan fingerprint density at radius 2 is 1.71 bits per heavy atom. The first-order valence-electron chi connectivity index (χ1n) is 9.14. The van der Waals surface area contributed by atoms with E-state index in [9.17, 15) is 4.79 Å². The van der Waals surface area contributed by atoms with E-state index in [0.29, 0.717) is 23.9 Å². The highest BCUT2D eigenvalue weighted by molar-refractivity contribution is 6.03. The molecule has 0 saturated carbocycles. The molecule has 6 nitrogen and oxygen atoms in total. The Morgan fingerprint density at radius 1 is 1.00 bits per heavy atom. The monoisotopic (exact) mass is 376 g/mol. The fourth-order valence-corrected chi connectivity index (χ4v) is 2.73. The molecular weight excluding hydrogens is 352 g/mol. The molecule has 3 aromatic rings. The minimum atomic E-state index is -0.257. The molecule has 1 aromatic heterocycles. The first-order valence-corrected chi connectivity index (χ1v) is 9.14. The quantitative estimate of drug-likeness (QED) is 0.652. The molecule has 3 rings (SSSR count). The number of hydrogen-bond acceptors (Lipinski definition) is 5. The van der Waals surface area contributed by atoms with Crippen molar-refractivity contribution in [3.63, 3.8) is 0 Å². The van der Waals surface area contributed by atoms with E-state index in [-0.39, 0.29) is 5.91 Å². The van der Waals surface area contributed by atoms with Crippen LogP contribution in [-0.4, -0.2) is 29.5 Å². The van der Waals surface area contributed by atoms with E-state index in [1.807, 2.05) is 55.5 Å². The fourth-order valence-electron chi connectivity index (χ4n) is 2.73. The number of anilines is 2. The van der Waals surface area contributed by atoms with Gasteiger partial charge in [0.15, 0.2) is 0 Å². The molecule has 0 spiro atoms. The molecule has 0 saturated heterocycles. The molecule has 0 atom stereocenters. The summed E-state index contributed by atoms with van der Waals surface area (Å²) in [5.74, 6) is 1.76. The van der Waals surface area contributed by atoms with Gasteiger partial charge in [0, 0.05) is 18.3 Å². The van der Waals surface area contributed by atoms with Crippen LogP contribution >= 0.6 is 0 Å². The predicted molar refractivity (Wildman–Crippen MR) is 111 cm³/mol. The molecule has 0 aliphatic carbocycles. The number of methoxy groups -OCH3 is 1. The standard InChI is InChI=1S/C22H24N4O2/c1-15-4-8-18(9-5-15)26-22(27)20-14-21(25-16(2)24-20)23-13-12-17-6-10-19(28-3)11-7-17/h4-11,14H,12-13H2,1-3H3,(H,26,27)(H,23,24,25). The average molecular weight is 376 g/mol. The van der Waals surface area contributed by atoms with E-state index >= 15 is 0 Å². The van der Waals surface area contributed by atoms with Crippen LogP contribution in [0.15, 0.2) is 54.6 Å². The van der Waals surface area contributed by atoms with Crippen molar-refractivity contribution in [2.45, 2.75) is 20.3 Å². The third kappa shape index (κ3) is 5.30. The second-order valence-corrected chi connectivity index (χ2v) is 6.53. The summed E-state index contributed by atoms with van der Waals surface area (Å²) in [5.41, 5.74) is 3.40. The Balaban J connectivity index is 1.61. The minimum Gasteiger partial charge on any atom is -0.497 e. The Kier molecular flexibility index (Phi) is 6.22. The highest BCUT2D eigenvalue weighted by Crippen LogP contribution is 2.14. The molecule has 144 valence electrons. The van der Waals surface area contributed by atoms with E-state index < -0.39 is 0 Å². The van der Waals surface area contributed by atoms with Crippen molar-refractivity contribution in [2.24, 2.45) is 0 Å². The van der Waals surface area contributed by atoms with Gasteiger partial charge < -0.3 is 15.4 Å². The number of aryl methyl sites for hydroxylation is 2. The molecule has 28 heavy (non-hydrogen) atoms. The molecule has 0 unspecified atom stereocenters. The molecule has 0 aliphatic rings. The zero-order chi connectivity index (χ0) is 19.9. The van der Waals surface area contributed by atoms with Crippen LogP contribution in [0.4, 0.5) is 11.5 Å². The highest BCUT2D eigenvalue weighted by atomic mass is 16.5. The van der Waals surface area contributed by atoms with Gasteiger partial charge in [-0.05, 0) is 50.1 Å². The average Bonchev–Trinajstić information content (AvgIpc) is 2.70. The zero-order valence-electron chi connectivity index (χ0n) is 16.3. The van der Waals surface area contributed by atoms with Crippen molar-refractivity contribution < 1.29 is 9.53 Å². The van der Waals surface area contributed by atoms with E-state index in [4.69, 9.17) is 4.74 Å². The molecule has 0 bridgehead atoms. The Morgan fingerprint density at radius 3 is 2.39 bits per heavy atom. The van der Waals surface area contributed by atoms with Gasteiger partial charge in [0.05, 0.1) is 7.11 Å². The number of nitrogens with one attached hydrogen (secondary N) is 2.